The van der Waals surface area contributed by atoms with E-state index >= 15 is 0 Å². The van der Waals surface area contributed by atoms with Gasteiger partial charge in [0.2, 0.25) is 0 Å². The van der Waals surface area contributed by atoms with Crippen LogP contribution < -0.4 is 14.8 Å². The van der Waals surface area contributed by atoms with Crippen LogP contribution in [0, 0.1) is 13.8 Å². The molecule has 1 aliphatic heterocycles. The molecule has 7 nitrogen and oxygen atoms in total. The number of nitrogens with one attached hydrogen (secondary N) is 1. The molecule has 2 atom stereocenters. The van der Waals surface area contributed by atoms with Crippen LogP contribution in [-0.2, 0) is 11.2 Å². The second kappa shape index (κ2) is 9.39. The monoisotopic (exact) mass is 426 g/mol. The zero-order valence-electron chi connectivity index (χ0n) is 18.5. The fraction of sp³-hybridized carbons (Fsp3) is 0.417. The predicted molar refractivity (Wildman–Crippen MR) is 117 cm³/mol. The van der Waals surface area contributed by atoms with Crippen LogP contribution in [0.1, 0.15) is 30.0 Å². The van der Waals surface area contributed by atoms with Gasteiger partial charge >= 0.3 is 6.03 Å². The van der Waals surface area contributed by atoms with Gasteiger partial charge in [-0.2, -0.15) is 0 Å². The summed E-state index contributed by atoms with van der Waals surface area (Å²) in [5.41, 5.74) is 2.05. The summed E-state index contributed by atoms with van der Waals surface area (Å²) < 4.78 is 10.9. The average molecular weight is 427 g/mol. The highest BCUT2D eigenvalue weighted by Crippen LogP contribution is 2.25. The molecular formula is C24H30N2O5. The Morgan fingerprint density at radius 3 is 2.52 bits per heavy atom. The van der Waals surface area contributed by atoms with Crippen LogP contribution in [0.25, 0.3) is 0 Å². The summed E-state index contributed by atoms with van der Waals surface area (Å²) in [4.78, 5) is 26.4. The summed E-state index contributed by atoms with van der Waals surface area (Å²) in [5, 5.41) is 13.2. The molecule has 0 saturated carbocycles. The maximum atomic E-state index is 12.9. The topological polar surface area (TPSA) is 88.1 Å². The lowest BCUT2D eigenvalue weighted by molar-refractivity contribution is -0.132. The highest BCUT2D eigenvalue weighted by atomic mass is 16.5. The third-order valence-electron chi connectivity index (χ3n) is 5.59. The van der Waals surface area contributed by atoms with Gasteiger partial charge in [-0.1, -0.05) is 24.3 Å². The summed E-state index contributed by atoms with van der Waals surface area (Å²) in [6, 6.07) is 12.9. The van der Waals surface area contributed by atoms with Gasteiger partial charge in [-0.05, 0) is 68.5 Å². The van der Waals surface area contributed by atoms with Crippen LogP contribution in [0.2, 0.25) is 0 Å². The molecule has 2 unspecified atom stereocenters. The van der Waals surface area contributed by atoms with Gasteiger partial charge in [-0.15, -0.1) is 0 Å². The largest absolute Gasteiger partial charge is 0.497 e. The second-order valence-corrected chi connectivity index (χ2v) is 8.26. The second-order valence-electron chi connectivity index (χ2n) is 8.26. The maximum absolute atomic E-state index is 12.9. The first-order valence-electron chi connectivity index (χ1n) is 10.4. The number of carbonyl (C=O) groups excluding carboxylic acids is 2. The number of aliphatic hydroxyl groups excluding tert-OH is 1. The Kier molecular flexibility index (Phi) is 6.85. The Morgan fingerprint density at radius 1 is 1.13 bits per heavy atom. The molecule has 0 radical (unpaired) electrons. The van der Waals surface area contributed by atoms with Crippen LogP contribution in [0.3, 0.4) is 0 Å². The van der Waals surface area contributed by atoms with Crippen LogP contribution in [0.4, 0.5) is 4.79 Å². The predicted octanol–water partition coefficient (Wildman–Crippen LogP) is 3.00. The molecule has 0 aliphatic carbocycles. The Labute approximate surface area is 183 Å². The quantitative estimate of drug-likeness (QED) is 0.602. The third kappa shape index (κ3) is 5.35. The normalized spacial score (nSPS) is 19.3. The number of nitrogens with zero attached hydrogens (tertiary/aromatic N) is 1. The molecule has 166 valence electrons. The SMILES string of the molecule is COc1ccc(CCC2(C)NC(=O)N(CC(O)COc3cc(C)ccc3C)C2=O)cc1. The number of β-amino-alcohol motifs (C(OH)–C–C–N with tert-alkyl or cyclic N) is 1. The minimum Gasteiger partial charge on any atom is -0.497 e. The molecule has 3 amide bonds. The maximum Gasteiger partial charge on any atom is 0.325 e. The third-order valence-corrected chi connectivity index (χ3v) is 5.59. The van der Waals surface area contributed by atoms with Crippen molar-refractivity contribution >= 4 is 11.9 Å². The number of carbonyl (C=O) groups is 2. The van der Waals surface area contributed by atoms with E-state index in [1.807, 2.05) is 56.3 Å². The van der Waals surface area contributed by atoms with Gasteiger partial charge in [0.25, 0.3) is 5.91 Å². The van der Waals surface area contributed by atoms with Crippen molar-refractivity contribution in [2.24, 2.45) is 0 Å². The van der Waals surface area contributed by atoms with E-state index < -0.39 is 17.7 Å². The Hall–Kier alpha value is -3.06. The minimum absolute atomic E-state index is 0.0100. The number of hydrogen-bond acceptors (Lipinski definition) is 5. The molecule has 1 heterocycles. The van der Waals surface area contributed by atoms with E-state index in [1.165, 1.54) is 0 Å². The summed E-state index contributed by atoms with van der Waals surface area (Å²) in [6.07, 6.45) is 0.0901. The first-order chi connectivity index (χ1) is 14.7. The molecule has 3 rings (SSSR count). The van der Waals surface area contributed by atoms with Gasteiger partial charge in [0.05, 0.1) is 13.7 Å². The molecular weight excluding hydrogens is 396 g/mol. The van der Waals surface area contributed by atoms with Gasteiger partial charge in [-0.3, -0.25) is 9.69 Å². The summed E-state index contributed by atoms with van der Waals surface area (Å²) in [7, 11) is 1.61. The molecule has 0 aromatic heterocycles. The number of hydrogen-bond donors (Lipinski definition) is 2. The smallest absolute Gasteiger partial charge is 0.325 e. The number of ether oxygens (including phenoxy) is 2. The number of benzene rings is 2. The first-order valence-corrected chi connectivity index (χ1v) is 10.4. The Balaban J connectivity index is 1.56. The van der Waals surface area contributed by atoms with Crippen LogP contribution in [-0.4, -0.2) is 53.8 Å². The van der Waals surface area contributed by atoms with E-state index in [2.05, 4.69) is 5.32 Å². The van der Waals surface area contributed by atoms with Crippen LogP contribution in [0.15, 0.2) is 42.5 Å². The van der Waals surface area contributed by atoms with E-state index in [1.54, 1.807) is 14.0 Å². The number of amides is 3. The lowest BCUT2D eigenvalue weighted by atomic mass is 9.93. The molecule has 0 bridgehead atoms. The minimum atomic E-state index is -1.01. The van der Waals surface area contributed by atoms with Crippen molar-refractivity contribution < 1.29 is 24.2 Å². The van der Waals surface area contributed by atoms with Crippen molar-refractivity contribution in [2.45, 2.75) is 45.3 Å². The van der Waals surface area contributed by atoms with E-state index in [4.69, 9.17) is 9.47 Å². The zero-order valence-corrected chi connectivity index (χ0v) is 18.5. The standard InChI is InChI=1S/C24H30N2O5/c1-16-5-6-17(2)21(13-16)31-15-19(27)14-26-22(28)24(3,25-23(26)29)12-11-18-7-9-20(30-4)10-8-18/h5-10,13,19,27H,11-12,14-15H2,1-4H3,(H,25,29). The van der Waals surface area contributed by atoms with E-state index in [9.17, 15) is 14.7 Å². The molecule has 7 heteroatoms. The van der Waals surface area contributed by atoms with Gasteiger partial charge in [0, 0.05) is 0 Å². The lowest BCUT2D eigenvalue weighted by Gasteiger charge is -2.23. The number of rotatable bonds is 9. The van der Waals surface area contributed by atoms with Crippen LogP contribution >= 0.6 is 0 Å². The molecule has 2 aromatic carbocycles. The lowest BCUT2D eigenvalue weighted by Crippen LogP contribution is -2.45. The molecule has 2 aromatic rings. The van der Waals surface area contributed by atoms with Crippen molar-refractivity contribution in [1.82, 2.24) is 10.2 Å². The zero-order chi connectivity index (χ0) is 22.6. The highest BCUT2D eigenvalue weighted by Gasteiger charge is 2.47. The highest BCUT2D eigenvalue weighted by molar-refractivity contribution is 6.06. The number of aliphatic hydroxyl groups is 1. The number of imide groups is 1. The first kappa shape index (κ1) is 22.6. The van der Waals surface area contributed by atoms with Gasteiger partial charge < -0.3 is 19.9 Å². The van der Waals surface area contributed by atoms with Crippen molar-refractivity contribution in [2.75, 3.05) is 20.3 Å². The van der Waals surface area contributed by atoms with Crippen molar-refractivity contribution in [3.8, 4) is 11.5 Å². The van der Waals surface area contributed by atoms with E-state index in [0.29, 0.717) is 18.6 Å². The van der Waals surface area contributed by atoms with Gasteiger partial charge in [0.1, 0.15) is 29.7 Å². The van der Waals surface area contributed by atoms with Crippen molar-refractivity contribution in [3.05, 3.63) is 59.2 Å². The summed E-state index contributed by atoms with van der Waals surface area (Å²) >= 11 is 0. The van der Waals surface area contributed by atoms with Crippen molar-refractivity contribution in [3.63, 3.8) is 0 Å². The summed E-state index contributed by atoms with van der Waals surface area (Å²) in [5.74, 6) is 1.11. The van der Waals surface area contributed by atoms with E-state index in [0.717, 1.165) is 27.3 Å². The van der Waals surface area contributed by atoms with Gasteiger partial charge in [-0.25, -0.2) is 4.79 Å². The number of aryl methyl sites for hydroxylation is 3. The molecule has 1 aliphatic rings. The molecule has 1 saturated heterocycles. The molecule has 31 heavy (non-hydrogen) atoms. The number of urea groups is 1. The molecule has 0 spiro atoms. The molecule has 1 fully saturated rings. The van der Waals surface area contributed by atoms with Crippen LogP contribution in [0.5, 0.6) is 11.5 Å². The average Bonchev–Trinajstić information content (AvgIpc) is 2.96. The Bertz CT molecular complexity index is 943. The molecule has 2 N–H and O–H groups in total. The van der Waals surface area contributed by atoms with Crippen molar-refractivity contribution in [1.29, 1.82) is 0 Å². The van der Waals surface area contributed by atoms with Gasteiger partial charge in [0.15, 0.2) is 0 Å². The Morgan fingerprint density at radius 2 is 1.84 bits per heavy atom. The number of methoxy groups -OCH3 is 1. The van der Waals surface area contributed by atoms with E-state index in [-0.39, 0.29) is 19.1 Å². The fourth-order valence-corrected chi connectivity index (χ4v) is 3.58. The fourth-order valence-electron chi connectivity index (χ4n) is 3.58. The summed E-state index contributed by atoms with van der Waals surface area (Å²) in [6.45, 7) is 5.48.